The van der Waals surface area contributed by atoms with Gasteiger partial charge in [-0.15, -0.1) is 12.4 Å². The van der Waals surface area contributed by atoms with Gasteiger partial charge in [0.2, 0.25) is 0 Å². The highest BCUT2D eigenvalue weighted by Gasteiger charge is 2.24. The second-order valence-electron chi connectivity index (χ2n) is 6.39. The van der Waals surface area contributed by atoms with E-state index in [2.05, 4.69) is 0 Å². The first-order chi connectivity index (χ1) is 12.1. The van der Waals surface area contributed by atoms with Crippen molar-refractivity contribution in [3.63, 3.8) is 0 Å². The number of anilines is 1. The van der Waals surface area contributed by atoms with Gasteiger partial charge in [-0.3, -0.25) is 9.59 Å². The number of nitrogens with zero attached hydrogens (tertiary/aromatic N) is 2. The molecule has 0 aromatic heterocycles. The fraction of sp³-hybridized carbons (Fsp3) is 0.300. The van der Waals surface area contributed by atoms with E-state index < -0.39 is 0 Å². The van der Waals surface area contributed by atoms with Crippen molar-refractivity contribution in [3.8, 4) is 0 Å². The monoisotopic (exact) mass is 373 g/mol. The molecule has 26 heavy (non-hydrogen) atoms. The van der Waals surface area contributed by atoms with E-state index in [1.54, 1.807) is 17.0 Å². The SMILES string of the molecule is Cc1cccc(C(=O)N2CCCN(C(=O)c3ccccc3N)CC2)c1.Cl. The lowest BCUT2D eigenvalue weighted by molar-refractivity contribution is 0.0719. The molecule has 0 spiro atoms. The summed E-state index contributed by atoms with van der Waals surface area (Å²) in [5.74, 6) is -0.0415. The molecule has 0 radical (unpaired) electrons. The number of rotatable bonds is 2. The number of hydrogen-bond acceptors (Lipinski definition) is 3. The third kappa shape index (κ3) is 4.35. The molecular weight excluding hydrogens is 350 g/mol. The summed E-state index contributed by atoms with van der Waals surface area (Å²) >= 11 is 0. The Hall–Kier alpha value is -2.53. The van der Waals surface area contributed by atoms with Gasteiger partial charge >= 0.3 is 0 Å². The predicted octanol–water partition coefficient (Wildman–Crippen LogP) is 2.99. The lowest BCUT2D eigenvalue weighted by Crippen LogP contribution is -2.37. The Bertz CT molecular complexity index is 794. The molecule has 0 atom stereocenters. The summed E-state index contributed by atoms with van der Waals surface area (Å²) in [7, 11) is 0. The van der Waals surface area contributed by atoms with Gasteiger partial charge in [-0.2, -0.15) is 0 Å². The van der Waals surface area contributed by atoms with Gasteiger partial charge in [-0.25, -0.2) is 0 Å². The van der Waals surface area contributed by atoms with Crippen LogP contribution in [0.4, 0.5) is 5.69 Å². The minimum atomic E-state index is -0.0667. The lowest BCUT2D eigenvalue weighted by Gasteiger charge is -2.23. The average molecular weight is 374 g/mol. The summed E-state index contributed by atoms with van der Waals surface area (Å²) in [6.07, 6.45) is 0.760. The second kappa shape index (κ2) is 8.72. The van der Waals surface area contributed by atoms with Crippen LogP contribution in [0, 0.1) is 6.92 Å². The molecule has 0 bridgehead atoms. The van der Waals surface area contributed by atoms with Crippen LogP contribution >= 0.6 is 12.4 Å². The van der Waals surface area contributed by atoms with Crippen LogP contribution in [-0.2, 0) is 0 Å². The molecule has 6 heteroatoms. The van der Waals surface area contributed by atoms with E-state index >= 15 is 0 Å². The van der Waals surface area contributed by atoms with Crippen molar-refractivity contribution in [2.24, 2.45) is 0 Å². The van der Waals surface area contributed by atoms with Crippen molar-refractivity contribution in [1.82, 2.24) is 9.80 Å². The minimum absolute atomic E-state index is 0. The highest BCUT2D eigenvalue weighted by molar-refractivity contribution is 5.99. The molecule has 2 aromatic carbocycles. The molecule has 1 aliphatic heterocycles. The van der Waals surface area contributed by atoms with Crippen molar-refractivity contribution in [2.45, 2.75) is 13.3 Å². The van der Waals surface area contributed by atoms with E-state index in [0.29, 0.717) is 43.0 Å². The van der Waals surface area contributed by atoms with Crippen molar-refractivity contribution >= 4 is 29.9 Å². The highest BCUT2D eigenvalue weighted by Crippen LogP contribution is 2.16. The first kappa shape index (κ1) is 19.8. The lowest BCUT2D eigenvalue weighted by atomic mass is 10.1. The summed E-state index contributed by atoms with van der Waals surface area (Å²) in [6, 6.07) is 14.7. The van der Waals surface area contributed by atoms with Crippen LogP contribution in [0.25, 0.3) is 0 Å². The first-order valence-corrected chi connectivity index (χ1v) is 8.56. The molecule has 1 heterocycles. The third-order valence-corrected chi connectivity index (χ3v) is 4.53. The number of aryl methyl sites for hydroxylation is 1. The van der Waals surface area contributed by atoms with Crippen LogP contribution in [0.2, 0.25) is 0 Å². The highest BCUT2D eigenvalue weighted by atomic mass is 35.5. The van der Waals surface area contributed by atoms with Crippen molar-refractivity contribution in [1.29, 1.82) is 0 Å². The molecule has 2 aromatic rings. The Kier molecular flexibility index (Phi) is 6.64. The number of hydrogen-bond donors (Lipinski definition) is 1. The summed E-state index contributed by atoms with van der Waals surface area (Å²) in [5, 5.41) is 0. The van der Waals surface area contributed by atoms with Crippen LogP contribution in [0.15, 0.2) is 48.5 Å². The quantitative estimate of drug-likeness (QED) is 0.823. The first-order valence-electron chi connectivity index (χ1n) is 8.56. The zero-order valence-corrected chi connectivity index (χ0v) is 15.7. The van der Waals surface area contributed by atoms with E-state index in [-0.39, 0.29) is 24.2 Å². The van der Waals surface area contributed by atoms with Gasteiger partial charge < -0.3 is 15.5 Å². The maximum absolute atomic E-state index is 12.7. The Morgan fingerprint density at radius 1 is 0.885 bits per heavy atom. The Balaban J connectivity index is 0.00000243. The van der Waals surface area contributed by atoms with Gasteiger partial charge in [0.05, 0.1) is 5.56 Å². The fourth-order valence-corrected chi connectivity index (χ4v) is 3.15. The number of carbonyl (C=O) groups excluding carboxylic acids is 2. The van der Waals surface area contributed by atoms with Crippen LogP contribution in [-0.4, -0.2) is 47.8 Å². The van der Waals surface area contributed by atoms with Crippen LogP contribution in [0.1, 0.15) is 32.7 Å². The fourth-order valence-electron chi connectivity index (χ4n) is 3.15. The zero-order chi connectivity index (χ0) is 17.8. The van der Waals surface area contributed by atoms with Gasteiger partial charge in [-0.05, 0) is 37.6 Å². The molecule has 0 unspecified atom stereocenters. The van der Waals surface area contributed by atoms with E-state index in [1.165, 1.54) is 0 Å². The van der Waals surface area contributed by atoms with Crippen LogP contribution < -0.4 is 5.73 Å². The van der Waals surface area contributed by atoms with Gasteiger partial charge in [-0.1, -0.05) is 29.8 Å². The van der Waals surface area contributed by atoms with Crippen molar-refractivity contribution < 1.29 is 9.59 Å². The van der Waals surface area contributed by atoms with Crippen LogP contribution in [0.5, 0.6) is 0 Å². The number of amides is 2. The molecule has 138 valence electrons. The van der Waals surface area contributed by atoms with Gasteiger partial charge in [0, 0.05) is 37.4 Å². The number of benzene rings is 2. The molecule has 1 fully saturated rings. The standard InChI is InChI=1S/C20H23N3O2.ClH/c1-15-6-4-7-16(14-15)19(24)22-10-5-11-23(13-12-22)20(25)17-8-2-3-9-18(17)21;/h2-4,6-9,14H,5,10-13,21H2,1H3;1H. The molecule has 1 saturated heterocycles. The van der Waals surface area contributed by atoms with E-state index in [4.69, 9.17) is 5.73 Å². The third-order valence-electron chi connectivity index (χ3n) is 4.53. The second-order valence-corrected chi connectivity index (χ2v) is 6.39. The normalized spacial score (nSPS) is 14.3. The van der Waals surface area contributed by atoms with Crippen molar-refractivity contribution in [2.75, 3.05) is 31.9 Å². The smallest absolute Gasteiger partial charge is 0.256 e. The van der Waals surface area contributed by atoms with E-state index in [1.807, 2.05) is 48.2 Å². The summed E-state index contributed by atoms with van der Waals surface area (Å²) in [4.78, 5) is 29.0. The molecule has 2 N–H and O–H groups in total. The van der Waals surface area contributed by atoms with Gasteiger partial charge in [0.25, 0.3) is 11.8 Å². The molecular formula is C20H24ClN3O2. The Labute approximate surface area is 160 Å². The van der Waals surface area contributed by atoms with Gasteiger partial charge in [0.1, 0.15) is 0 Å². The molecule has 0 saturated carbocycles. The topological polar surface area (TPSA) is 66.6 Å². The minimum Gasteiger partial charge on any atom is -0.398 e. The molecule has 1 aliphatic rings. The number of carbonyl (C=O) groups is 2. The molecule has 2 amide bonds. The van der Waals surface area contributed by atoms with Crippen LogP contribution in [0.3, 0.4) is 0 Å². The molecule has 3 rings (SSSR count). The number of para-hydroxylation sites is 1. The Morgan fingerprint density at radius 2 is 1.54 bits per heavy atom. The maximum Gasteiger partial charge on any atom is 0.256 e. The summed E-state index contributed by atoms with van der Waals surface area (Å²) in [6.45, 7) is 4.31. The largest absolute Gasteiger partial charge is 0.398 e. The molecule has 5 nitrogen and oxygen atoms in total. The number of nitrogen functional groups attached to an aromatic ring is 1. The maximum atomic E-state index is 12.7. The number of nitrogens with two attached hydrogens (primary N) is 1. The molecule has 0 aliphatic carbocycles. The zero-order valence-electron chi connectivity index (χ0n) is 14.9. The Morgan fingerprint density at radius 3 is 2.19 bits per heavy atom. The summed E-state index contributed by atoms with van der Waals surface area (Å²) < 4.78 is 0. The number of halogens is 1. The van der Waals surface area contributed by atoms with E-state index in [9.17, 15) is 9.59 Å². The summed E-state index contributed by atoms with van der Waals surface area (Å²) in [5.41, 5.74) is 8.71. The average Bonchev–Trinajstić information content (AvgIpc) is 2.87. The predicted molar refractivity (Wildman–Crippen MR) is 106 cm³/mol. The van der Waals surface area contributed by atoms with E-state index in [0.717, 1.165) is 12.0 Å². The van der Waals surface area contributed by atoms with Gasteiger partial charge in [0.15, 0.2) is 0 Å². The van der Waals surface area contributed by atoms with Crippen molar-refractivity contribution in [3.05, 3.63) is 65.2 Å².